The predicted molar refractivity (Wildman–Crippen MR) is 64.9 cm³/mol. The highest BCUT2D eigenvalue weighted by Gasteiger charge is 2.21. The fraction of sp³-hybridized carbons (Fsp3) is 0.750. The summed E-state index contributed by atoms with van der Waals surface area (Å²) in [5.74, 6) is -1.11. The van der Waals surface area contributed by atoms with Gasteiger partial charge in [-0.25, -0.2) is 0 Å². The standard InChI is InChI=1S/C12H20N2O4/c1-13(8-6-12(17)18)11(16)9-14-7-4-2-3-5-10(14)15/h2-9H2,1H3,(H,17,18). The minimum atomic E-state index is -0.930. The van der Waals surface area contributed by atoms with Crippen LogP contribution in [0.5, 0.6) is 0 Å². The Morgan fingerprint density at radius 1 is 1.33 bits per heavy atom. The third kappa shape index (κ3) is 4.73. The largest absolute Gasteiger partial charge is 0.481 e. The first kappa shape index (κ1) is 14.5. The van der Waals surface area contributed by atoms with Gasteiger partial charge >= 0.3 is 5.97 Å². The number of likely N-dealkylation sites (N-methyl/N-ethyl adjacent to an activating group) is 1. The molecule has 0 aromatic heterocycles. The van der Waals surface area contributed by atoms with E-state index in [-0.39, 0.29) is 31.3 Å². The smallest absolute Gasteiger partial charge is 0.305 e. The minimum Gasteiger partial charge on any atom is -0.481 e. The number of nitrogens with zero attached hydrogens (tertiary/aromatic N) is 2. The van der Waals surface area contributed by atoms with Gasteiger partial charge in [-0.15, -0.1) is 0 Å². The van der Waals surface area contributed by atoms with Crippen molar-refractivity contribution in [2.24, 2.45) is 0 Å². The zero-order valence-electron chi connectivity index (χ0n) is 10.7. The summed E-state index contributed by atoms with van der Waals surface area (Å²) < 4.78 is 0. The summed E-state index contributed by atoms with van der Waals surface area (Å²) >= 11 is 0. The maximum absolute atomic E-state index is 11.8. The van der Waals surface area contributed by atoms with E-state index in [1.807, 2.05) is 0 Å². The van der Waals surface area contributed by atoms with Gasteiger partial charge in [0.05, 0.1) is 13.0 Å². The van der Waals surface area contributed by atoms with Crippen LogP contribution < -0.4 is 0 Å². The van der Waals surface area contributed by atoms with Crippen LogP contribution in [0.15, 0.2) is 0 Å². The molecule has 0 unspecified atom stereocenters. The van der Waals surface area contributed by atoms with E-state index in [1.165, 1.54) is 4.90 Å². The Morgan fingerprint density at radius 2 is 2.06 bits per heavy atom. The Labute approximate surface area is 107 Å². The lowest BCUT2D eigenvalue weighted by Crippen LogP contribution is -2.41. The highest BCUT2D eigenvalue weighted by molar-refractivity contribution is 5.85. The number of rotatable bonds is 5. The van der Waals surface area contributed by atoms with E-state index in [4.69, 9.17) is 5.11 Å². The molecule has 1 aliphatic heterocycles. The van der Waals surface area contributed by atoms with Gasteiger partial charge in [0.15, 0.2) is 0 Å². The van der Waals surface area contributed by atoms with Gasteiger partial charge in [-0.2, -0.15) is 0 Å². The van der Waals surface area contributed by atoms with Crippen molar-refractivity contribution in [3.05, 3.63) is 0 Å². The fourth-order valence-electron chi connectivity index (χ4n) is 1.88. The van der Waals surface area contributed by atoms with Crippen molar-refractivity contribution >= 4 is 17.8 Å². The Kier molecular flexibility index (Phi) is 5.61. The normalized spacial score (nSPS) is 16.3. The molecule has 1 rings (SSSR count). The van der Waals surface area contributed by atoms with Gasteiger partial charge in [0.25, 0.3) is 0 Å². The summed E-state index contributed by atoms with van der Waals surface area (Å²) in [7, 11) is 1.56. The van der Waals surface area contributed by atoms with E-state index < -0.39 is 5.97 Å². The Balaban J connectivity index is 2.41. The molecule has 0 aliphatic carbocycles. The molecule has 6 nitrogen and oxygen atoms in total. The number of carboxylic acid groups (broad SMARTS) is 1. The van der Waals surface area contributed by atoms with Crippen molar-refractivity contribution in [1.29, 1.82) is 0 Å². The van der Waals surface area contributed by atoms with Crippen LogP contribution in [-0.4, -0.2) is 59.4 Å². The zero-order valence-corrected chi connectivity index (χ0v) is 10.7. The number of aliphatic carboxylic acids is 1. The molecular weight excluding hydrogens is 236 g/mol. The van der Waals surface area contributed by atoms with Crippen LogP contribution in [0.4, 0.5) is 0 Å². The van der Waals surface area contributed by atoms with Crippen molar-refractivity contribution in [2.45, 2.75) is 32.1 Å². The molecule has 1 N–H and O–H groups in total. The number of likely N-dealkylation sites (tertiary alicyclic amines) is 1. The van der Waals surface area contributed by atoms with Crippen LogP contribution in [0.25, 0.3) is 0 Å². The van der Waals surface area contributed by atoms with Gasteiger partial charge in [-0.1, -0.05) is 6.42 Å². The predicted octanol–water partition coefficient (Wildman–Crippen LogP) is 0.322. The molecule has 0 aromatic carbocycles. The first-order valence-electron chi connectivity index (χ1n) is 6.24. The molecule has 0 aromatic rings. The summed E-state index contributed by atoms with van der Waals surface area (Å²) in [6, 6.07) is 0. The number of hydrogen-bond acceptors (Lipinski definition) is 3. The zero-order chi connectivity index (χ0) is 13.5. The van der Waals surface area contributed by atoms with Gasteiger partial charge in [0.1, 0.15) is 0 Å². The maximum Gasteiger partial charge on any atom is 0.305 e. The van der Waals surface area contributed by atoms with Gasteiger partial charge in [-0.05, 0) is 12.8 Å². The van der Waals surface area contributed by atoms with Crippen LogP contribution in [0, 0.1) is 0 Å². The second kappa shape index (κ2) is 6.98. The Bertz CT molecular complexity index is 330. The molecule has 1 fully saturated rings. The minimum absolute atomic E-state index is 0.0208. The first-order valence-corrected chi connectivity index (χ1v) is 6.24. The highest BCUT2D eigenvalue weighted by atomic mass is 16.4. The van der Waals surface area contributed by atoms with Crippen molar-refractivity contribution < 1.29 is 19.5 Å². The maximum atomic E-state index is 11.8. The van der Waals surface area contributed by atoms with Crippen LogP contribution in [0.2, 0.25) is 0 Å². The van der Waals surface area contributed by atoms with Gasteiger partial charge in [0.2, 0.25) is 11.8 Å². The van der Waals surface area contributed by atoms with Crippen LogP contribution >= 0.6 is 0 Å². The van der Waals surface area contributed by atoms with Gasteiger partial charge in [-0.3, -0.25) is 14.4 Å². The Hall–Kier alpha value is -1.59. The number of hydrogen-bond donors (Lipinski definition) is 1. The lowest BCUT2D eigenvalue weighted by molar-refractivity contribution is -0.141. The average Bonchev–Trinajstić information content (AvgIpc) is 2.51. The molecule has 0 spiro atoms. The van der Waals surface area contributed by atoms with E-state index in [9.17, 15) is 14.4 Å². The van der Waals surface area contributed by atoms with Crippen molar-refractivity contribution in [2.75, 3.05) is 26.7 Å². The second-order valence-corrected chi connectivity index (χ2v) is 4.58. The van der Waals surface area contributed by atoms with E-state index in [0.717, 1.165) is 19.3 Å². The van der Waals surface area contributed by atoms with Gasteiger partial charge in [0, 0.05) is 26.6 Å². The Morgan fingerprint density at radius 3 is 2.72 bits per heavy atom. The molecule has 0 saturated carbocycles. The van der Waals surface area contributed by atoms with E-state index >= 15 is 0 Å². The van der Waals surface area contributed by atoms with Crippen LogP contribution in [0.1, 0.15) is 32.1 Å². The number of carbonyl (C=O) groups excluding carboxylic acids is 2. The highest BCUT2D eigenvalue weighted by Crippen LogP contribution is 2.11. The molecular formula is C12H20N2O4. The SMILES string of the molecule is CN(CCC(=O)O)C(=O)CN1CCCCCC1=O. The molecule has 1 aliphatic rings. The molecule has 2 amide bonds. The van der Waals surface area contributed by atoms with E-state index in [2.05, 4.69) is 0 Å². The molecule has 6 heteroatoms. The van der Waals surface area contributed by atoms with E-state index in [0.29, 0.717) is 13.0 Å². The molecule has 102 valence electrons. The third-order valence-corrected chi connectivity index (χ3v) is 3.08. The summed E-state index contributed by atoms with van der Waals surface area (Å²) in [5, 5.41) is 8.54. The molecule has 1 heterocycles. The molecule has 0 bridgehead atoms. The fourth-order valence-corrected chi connectivity index (χ4v) is 1.88. The van der Waals surface area contributed by atoms with Crippen molar-refractivity contribution in [3.63, 3.8) is 0 Å². The van der Waals surface area contributed by atoms with Crippen LogP contribution in [-0.2, 0) is 14.4 Å². The number of amides is 2. The van der Waals surface area contributed by atoms with Crippen molar-refractivity contribution in [1.82, 2.24) is 9.80 Å². The summed E-state index contributed by atoms with van der Waals surface area (Å²) in [6.07, 6.45) is 3.27. The third-order valence-electron chi connectivity index (χ3n) is 3.08. The monoisotopic (exact) mass is 256 g/mol. The van der Waals surface area contributed by atoms with E-state index in [1.54, 1.807) is 11.9 Å². The summed E-state index contributed by atoms with van der Waals surface area (Å²) in [6.45, 7) is 0.864. The van der Waals surface area contributed by atoms with Crippen LogP contribution in [0.3, 0.4) is 0 Å². The lowest BCUT2D eigenvalue weighted by atomic mass is 10.2. The second-order valence-electron chi connectivity index (χ2n) is 4.58. The number of carbonyl (C=O) groups is 3. The molecule has 1 saturated heterocycles. The quantitative estimate of drug-likeness (QED) is 0.768. The van der Waals surface area contributed by atoms with Crippen molar-refractivity contribution in [3.8, 4) is 0 Å². The topological polar surface area (TPSA) is 77.9 Å². The first-order chi connectivity index (χ1) is 8.50. The molecule has 18 heavy (non-hydrogen) atoms. The summed E-state index contributed by atoms with van der Waals surface area (Å²) in [5.41, 5.74) is 0. The van der Waals surface area contributed by atoms with Gasteiger partial charge < -0.3 is 14.9 Å². The number of carboxylic acids is 1. The molecule has 0 atom stereocenters. The average molecular weight is 256 g/mol. The lowest BCUT2D eigenvalue weighted by Gasteiger charge is -2.23. The molecule has 0 radical (unpaired) electrons. The summed E-state index contributed by atoms with van der Waals surface area (Å²) in [4.78, 5) is 36.9.